The predicted molar refractivity (Wildman–Crippen MR) is 87.2 cm³/mol. The molecular weight excluding hydrogens is 294 g/mol. The van der Waals surface area contributed by atoms with E-state index in [1.165, 1.54) is 0 Å². The fourth-order valence-corrected chi connectivity index (χ4v) is 3.25. The van der Waals surface area contributed by atoms with E-state index in [4.69, 9.17) is 0 Å². The molecular formula is C17H21N3O3. The molecule has 0 atom stereocenters. The minimum absolute atomic E-state index is 0.00849. The summed E-state index contributed by atoms with van der Waals surface area (Å²) in [6.45, 7) is 2.83. The molecule has 1 fully saturated rings. The normalized spacial score (nSPS) is 18.1. The van der Waals surface area contributed by atoms with E-state index in [1.54, 1.807) is 23.8 Å². The third-order valence-electron chi connectivity index (χ3n) is 4.74. The molecule has 0 radical (unpaired) electrons. The largest absolute Gasteiger partial charge is 0.343 e. The predicted octanol–water partition coefficient (Wildman–Crippen LogP) is 1.40. The highest BCUT2D eigenvalue weighted by Gasteiger charge is 2.27. The molecule has 0 aromatic heterocycles. The molecule has 2 heterocycles. The number of carbonyl (C=O) groups excluding carboxylic acids is 3. The molecule has 2 aliphatic rings. The van der Waals surface area contributed by atoms with Crippen molar-refractivity contribution >= 4 is 29.1 Å². The van der Waals surface area contributed by atoms with Crippen molar-refractivity contribution in [3.05, 3.63) is 23.8 Å². The Morgan fingerprint density at radius 3 is 2.57 bits per heavy atom. The Labute approximate surface area is 135 Å². The lowest BCUT2D eigenvalue weighted by Crippen LogP contribution is -2.40. The van der Waals surface area contributed by atoms with E-state index in [2.05, 4.69) is 5.32 Å². The number of nitrogens with zero attached hydrogens (tertiary/aromatic N) is 2. The van der Waals surface area contributed by atoms with Gasteiger partial charge in [-0.15, -0.1) is 0 Å². The summed E-state index contributed by atoms with van der Waals surface area (Å²) in [5.74, 6) is 0.0605. The van der Waals surface area contributed by atoms with Gasteiger partial charge in [-0.25, -0.2) is 0 Å². The smallest absolute Gasteiger partial charge is 0.231 e. The number of likely N-dealkylation sites (tertiary alicyclic amines) is 1. The summed E-state index contributed by atoms with van der Waals surface area (Å²) in [4.78, 5) is 38.8. The van der Waals surface area contributed by atoms with Gasteiger partial charge < -0.3 is 15.1 Å². The maximum Gasteiger partial charge on any atom is 0.231 e. The average Bonchev–Trinajstić information content (AvgIpc) is 2.81. The fourth-order valence-electron chi connectivity index (χ4n) is 3.25. The third kappa shape index (κ3) is 3.06. The molecule has 0 spiro atoms. The molecule has 23 heavy (non-hydrogen) atoms. The third-order valence-corrected chi connectivity index (χ3v) is 4.74. The number of nitrogens with one attached hydrogen (secondary N) is 1. The van der Waals surface area contributed by atoms with Gasteiger partial charge >= 0.3 is 0 Å². The number of carbonyl (C=O) groups is 3. The van der Waals surface area contributed by atoms with E-state index in [-0.39, 0.29) is 23.6 Å². The molecule has 0 saturated carbocycles. The number of rotatable bonds is 2. The van der Waals surface area contributed by atoms with Crippen LogP contribution in [0.3, 0.4) is 0 Å². The maximum absolute atomic E-state index is 12.4. The Kier molecular flexibility index (Phi) is 4.07. The number of fused-ring (bicyclic) bond motifs is 1. The highest BCUT2D eigenvalue weighted by atomic mass is 16.2. The van der Waals surface area contributed by atoms with Crippen molar-refractivity contribution in [2.24, 2.45) is 5.92 Å². The number of anilines is 2. The van der Waals surface area contributed by atoms with Gasteiger partial charge in [-0.05, 0) is 36.6 Å². The number of piperidine rings is 1. The molecule has 0 bridgehead atoms. The summed E-state index contributed by atoms with van der Waals surface area (Å²) in [6, 6.07) is 5.57. The SMILES string of the molecule is CC(=O)N1CCC(C(=O)Nc2ccc3c(c2)CC(=O)N3C)CC1. The second-order valence-corrected chi connectivity index (χ2v) is 6.24. The quantitative estimate of drug-likeness (QED) is 0.897. The Hall–Kier alpha value is -2.37. The van der Waals surface area contributed by atoms with Crippen LogP contribution in [0, 0.1) is 5.92 Å². The van der Waals surface area contributed by atoms with Crippen LogP contribution in [0.25, 0.3) is 0 Å². The van der Waals surface area contributed by atoms with Crippen molar-refractivity contribution < 1.29 is 14.4 Å². The lowest BCUT2D eigenvalue weighted by molar-refractivity contribution is -0.132. The van der Waals surface area contributed by atoms with Gasteiger partial charge in [0.2, 0.25) is 17.7 Å². The van der Waals surface area contributed by atoms with Gasteiger partial charge in [0.1, 0.15) is 0 Å². The topological polar surface area (TPSA) is 69.7 Å². The van der Waals surface area contributed by atoms with E-state index in [1.807, 2.05) is 18.2 Å². The van der Waals surface area contributed by atoms with Gasteiger partial charge in [-0.3, -0.25) is 14.4 Å². The summed E-state index contributed by atoms with van der Waals surface area (Å²) >= 11 is 0. The standard InChI is InChI=1S/C17H21N3O3/c1-11(21)20-7-5-12(6-8-20)17(23)18-14-3-4-15-13(9-14)10-16(22)19(15)2/h3-4,9,12H,5-8,10H2,1-2H3,(H,18,23). The van der Waals surface area contributed by atoms with Crippen LogP contribution in [0.5, 0.6) is 0 Å². The Morgan fingerprint density at radius 2 is 1.91 bits per heavy atom. The monoisotopic (exact) mass is 315 g/mol. The van der Waals surface area contributed by atoms with Crippen LogP contribution in [0.15, 0.2) is 18.2 Å². The zero-order valence-electron chi connectivity index (χ0n) is 13.5. The second-order valence-electron chi connectivity index (χ2n) is 6.24. The lowest BCUT2D eigenvalue weighted by atomic mass is 9.95. The minimum Gasteiger partial charge on any atom is -0.343 e. The number of hydrogen-bond donors (Lipinski definition) is 1. The van der Waals surface area contributed by atoms with Crippen LogP contribution in [0.4, 0.5) is 11.4 Å². The molecule has 1 saturated heterocycles. The molecule has 122 valence electrons. The lowest BCUT2D eigenvalue weighted by Gasteiger charge is -2.30. The van der Waals surface area contributed by atoms with Crippen molar-refractivity contribution in [3.63, 3.8) is 0 Å². The molecule has 3 rings (SSSR count). The summed E-state index contributed by atoms with van der Waals surface area (Å²) in [5, 5.41) is 2.94. The second kappa shape index (κ2) is 6.02. The zero-order valence-corrected chi connectivity index (χ0v) is 13.5. The number of amides is 3. The first-order chi connectivity index (χ1) is 11.0. The number of benzene rings is 1. The highest BCUT2D eigenvalue weighted by molar-refractivity contribution is 6.02. The molecule has 1 aromatic carbocycles. The first kappa shape index (κ1) is 15.5. The van der Waals surface area contributed by atoms with Crippen LogP contribution in [0.2, 0.25) is 0 Å². The van der Waals surface area contributed by atoms with Crippen molar-refractivity contribution in [3.8, 4) is 0 Å². The van der Waals surface area contributed by atoms with E-state index in [9.17, 15) is 14.4 Å². The van der Waals surface area contributed by atoms with Gasteiger partial charge in [0, 0.05) is 44.4 Å². The minimum atomic E-state index is -0.0665. The van der Waals surface area contributed by atoms with Crippen LogP contribution < -0.4 is 10.2 Å². The van der Waals surface area contributed by atoms with E-state index < -0.39 is 0 Å². The van der Waals surface area contributed by atoms with Gasteiger partial charge in [-0.2, -0.15) is 0 Å². The molecule has 6 heteroatoms. The summed E-state index contributed by atoms with van der Waals surface area (Å²) < 4.78 is 0. The Morgan fingerprint density at radius 1 is 1.22 bits per heavy atom. The molecule has 3 amide bonds. The summed E-state index contributed by atoms with van der Waals surface area (Å²) in [5.41, 5.74) is 2.58. The molecule has 6 nitrogen and oxygen atoms in total. The molecule has 0 unspecified atom stereocenters. The van der Waals surface area contributed by atoms with Crippen molar-refractivity contribution in [1.29, 1.82) is 0 Å². The van der Waals surface area contributed by atoms with E-state index in [0.29, 0.717) is 32.4 Å². The van der Waals surface area contributed by atoms with Crippen LogP contribution in [-0.4, -0.2) is 42.8 Å². The van der Waals surface area contributed by atoms with Gasteiger partial charge in [0.05, 0.1) is 6.42 Å². The average molecular weight is 315 g/mol. The van der Waals surface area contributed by atoms with Crippen LogP contribution in [0.1, 0.15) is 25.3 Å². The van der Waals surface area contributed by atoms with Crippen LogP contribution >= 0.6 is 0 Å². The molecule has 2 aliphatic heterocycles. The number of likely N-dealkylation sites (N-methyl/N-ethyl adjacent to an activating group) is 1. The summed E-state index contributed by atoms with van der Waals surface area (Å²) in [7, 11) is 1.76. The fraction of sp³-hybridized carbons (Fsp3) is 0.471. The first-order valence-corrected chi connectivity index (χ1v) is 7.91. The molecule has 0 aliphatic carbocycles. The Balaban J connectivity index is 1.62. The van der Waals surface area contributed by atoms with Crippen LogP contribution in [-0.2, 0) is 20.8 Å². The van der Waals surface area contributed by atoms with E-state index >= 15 is 0 Å². The van der Waals surface area contributed by atoms with Crippen molar-refractivity contribution in [1.82, 2.24) is 4.90 Å². The maximum atomic E-state index is 12.4. The molecule has 1 aromatic rings. The van der Waals surface area contributed by atoms with Crippen molar-refractivity contribution in [2.45, 2.75) is 26.2 Å². The van der Waals surface area contributed by atoms with Crippen molar-refractivity contribution in [2.75, 3.05) is 30.4 Å². The number of hydrogen-bond acceptors (Lipinski definition) is 3. The highest BCUT2D eigenvalue weighted by Crippen LogP contribution is 2.30. The molecule has 1 N–H and O–H groups in total. The summed E-state index contributed by atoms with van der Waals surface area (Å²) in [6.07, 6.45) is 1.77. The zero-order chi connectivity index (χ0) is 16.6. The first-order valence-electron chi connectivity index (χ1n) is 7.91. The Bertz CT molecular complexity index is 663. The van der Waals surface area contributed by atoms with E-state index in [0.717, 1.165) is 16.9 Å². The van der Waals surface area contributed by atoms with Gasteiger partial charge in [0.25, 0.3) is 0 Å². The van der Waals surface area contributed by atoms with Gasteiger partial charge in [0.15, 0.2) is 0 Å². The van der Waals surface area contributed by atoms with Gasteiger partial charge in [-0.1, -0.05) is 0 Å².